The number of anilines is 1. The van der Waals surface area contributed by atoms with Gasteiger partial charge in [-0.05, 0) is 40.9 Å². The third kappa shape index (κ3) is 5.01. The highest BCUT2D eigenvalue weighted by Gasteiger charge is 2.12. The molecule has 5 nitrogen and oxygen atoms in total. The van der Waals surface area contributed by atoms with Crippen LogP contribution in [0.25, 0.3) is 0 Å². The number of carbonyl (C=O) groups is 1. The van der Waals surface area contributed by atoms with Crippen LogP contribution in [-0.2, 0) is 4.74 Å². The minimum absolute atomic E-state index is 0.327. The molecule has 0 fully saturated rings. The first-order valence-corrected chi connectivity index (χ1v) is 6.94. The minimum atomic E-state index is -0.359. The van der Waals surface area contributed by atoms with E-state index in [2.05, 4.69) is 36.2 Å². The van der Waals surface area contributed by atoms with Gasteiger partial charge in [0.15, 0.2) is 10.8 Å². The maximum Gasteiger partial charge on any atom is 0.357 e. The Morgan fingerprint density at radius 3 is 2.94 bits per heavy atom. The van der Waals surface area contributed by atoms with Gasteiger partial charge in [0.1, 0.15) is 0 Å². The van der Waals surface area contributed by atoms with Crippen LogP contribution in [0.15, 0.2) is 5.38 Å². The number of thiazole rings is 1. The molecule has 18 heavy (non-hydrogen) atoms. The summed E-state index contributed by atoms with van der Waals surface area (Å²) >= 11 is 1.43. The second kappa shape index (κ2) is 7.33. The normalized spacial score (nSPS) is 12.5. The van der Waals surface area contributed by atoms with Gasteiger partial charge in [-0.2, -0.15) is 0 Å². The number of nitrogens with one attached hydrogen (secondary N) is 1. The monoisotopic (exact) mass is 271 g/mol. The number of hydrogen-bond donors (Lipinski definition) is 1. The fraction of sp³-hybridized carbons (Fsp3) is 0.667. The first kappa shape index (κ1) is 14.9. The van der Waals surface area contributed by atoms with Crippen LogP contribution in [0.4, 0.5) is 5.13 Å². The van der Waals surface area contributed by atoms with Crippen molar-refractivity contribution in [2.24, 2.45) is 0 Å². The zero-order chi connectivity index (χ0) is 13.5. The van der Waals surface area contributed by atoms with Gasteiger partial charge in [0, 0.05) is 11.4 Å². The molecular weight excluding hydrogens is 250 g/mol. The lowest BCUT2D eigenvalue weighted by Crippen LogP contribution is -2.23. The maximum atomic E-state index is 11.4. The van der Waals surface area contributed by atoms with E-state index in [9.17, 15) is 4.79 Å². The highest BCUT2D eigenvalue weighted by Crippen LogP contribution is 2.17. The largest absolute Gasteiger partial charge is 0.461 e. The third-order valence-corrected chi connectivity index (χ3v) is 3.14. The van der Waals surface area contributed by atoms with Gasteiger partial charge in [-0.3, -0.25) is 0 Å². The van der Waals surface area contributed by atoms with Crippen LogP contribution in [-0.4, -0.2) is 49.1 Å². The van der Waals surface area contributed by atoms with Gasteiger partial charge >= 0.3 is 5.97 Å². The SMILES string of the molecule is CCOC(=O)c1csc(NC(C)CCN(C)C)n1. The van der Waals surface area contributed by atoms with Crippen LogP contribution in [0.5, 0.6) is 0 Å². The predicted molar refractivity (Wildman–Crippen MR) is 74.3 cm³/mol. The molecule has 0 aliphatic carbocycles. The van der Waals surface area contributed by atoms with Crippen molar-refractivity contribution < 1.29 is 9.53 Å². The number of ether oxygens (including phenoxy) is 1. The summed E-state index contributed by atoms with van der Waals surface area (Å²) in [7, 11) is 4.10. The summed E-state index contributed by atoms with van der Waals surface area (Å²) in [6.45, 7) is 5.28. The zero-order valence-corrected chi connectivity index (χ0v) is 12.2. The fourth-order valence-corrected chi connectivity index (χ4v) is 2.17. The Balaban J connectivity index is 2.45. The number of aromatic nitrogens is 1. The summed E-state index contributed by atoms with van der Waals surface area (Å²) in [5.74, 6) is -0.359. The van der Waals surface area contributed by atoms with Gasteiger partial charge in [-0.25, -0.2) is 9.78 Å². The van der Waals surface area contributed by atoms with E-state index in [-0.39, 0.29) is 5.97 Å². The number of rotatable bonds is 7. The van der Waals surface area contributed by atoms with E-state index in [1.807, 2.05) is 0 Å². The predicted octanol–water partition coefficient (Wildman–Crippen LogP) is 2.07. The van der Waals surface area contributed by atoms with Gasteiger partial charge in [0.2, 0.25) is 0 Å². The van der Waals surface area contributed by atoms with Gasteiger partial charge in [0.25, 0.3) is 0 Å². The molecule has 0 amide bonds. The average molecular weight is 271 g/mol. The van der Waals surface area contributed by atoms with Gasteiger partial charge < -0.3 is 15.0 Å². The molecule has 1 heterocycles. The quantitative estimate of drug-likeness (QED) is 0.769. The molecule has 1 aromatic rings. The third-order valence-electron chi connectivity index (χ3n) is 2.37. The second-order valence-corrected chi connectivity index (χ2v) is 5.25. The molecule has 1 atom stereocenters. The molecule has 0 spiro atoms. The summed E-state index contributed by atoms with van der Waals surface area (Å²) in [6, 6.07) is 0.327. The number of hydrogen-bond acceptors (Lipinski definition) is 6. The molecule has 0 aliphatic heterocycles. The Hall–Kier alpha value is -1.14. The van der Waals surface area contributed by atoms with Crippen molar-refractivity contribution in [3.05, 3.63) is 11.1 Å². The Bertz CT molecular complexity index is 379. The van der Waals surface area contributed by atoms with Crippen molar-refractivity contribution in [1.29, 1.82) is 0 Å². The van der Waals surface area contributed by atoms with E-state index in [4.69, 9.17) is 4.74 Å². The molecule has 1 unspecified atom stereocenters. The first-order chi connectivity index (χ1) is 8.52. The van der Waals surface area contributed by atoms with Crippen LogP contribution in [0.3, 0.4) is 0 Å². The van der Waals surface area contributed by atoms with Crippen molar-refractivity contribution in [3.63, 3.8) is 0 Å². The summed E-state index contributed by atoms with van der Waals surface area (Å²) in [5, 5.41) is 5.78. The smallest absolute Gasteiger partial charge is 0.357 e. The van der Waals surface area contributed by atoms with Crippen molar-refractivity contribution in [1.82, 2.24) is 9.88 Å². The molecule has 0 saturated heterocycles. The number of carbonyl (C=O) groups excluding carboxylic acids is 1. The van der Waals surface area contributed by atoms with E-state index in [0.717, 1.165) is 18.1 Å². The van der Waals surface area contributed by atoms with Crippen molar-refractivity contribution >= 4 is 22.4 Å². The lowest BCUT2D eigenvalue weighted by Gasteiger charge is -2.15. The zero-order valence-electron chi connectivity index (χ0n) is 11.4. The van der Waals surface area contributed by atoms with Crippen molar-refractivity contribution in [2.75, 3.05) is 32.6 Å². The highest BCUT2D eigenvalue weighted by atomic mass is 32.1. The summed E-state index contributed by atoms with van der Waals surface area (Å²) in [5.41, 5.74) is 0.379. The first-order valence-electron chi connectivity index (χ1n) is 6.06. The van der Waals surface area contributed by atoms with E-state index in [0.29, 0.717) is 18.3 Å². The fourth-order valence-electron chi connectivity index (χ4n) is 1.37. The molecule has 102 valence electrons. The van der Waals surface area contributed by atoms with E-state index in [1.165, 1.54) is 11.3 Å². The molecule has 1 aromatic heterocycles. The van der Waals surface area contributed by atoms with Crippen LogP contribution >= 0.6 is 11.3 Å². The van der Waals surface area contributed by atoms with Crippen molar-refractivity contribution in [2.45, 2.75) is 26.3 Å². The minimum Gasteiger partial charge on any atom is -0.461 e. The van der Waals surface area contributed by atoms with E-state index in [1.54, 1.807) is 12.3 Å². The Kier molecular flexibility index (Phi) is 6.07. The van der Waals surface area contributed by atoms with Gasteiger partial charge in [-0.1, -0.05) is 0 Å². The number of esters is 1. The van der Waals surface area contributed by atoms with Gasteiger partial charge in [-0.15, -0.1) is 11.3 Å². The Morgan fingerprint density at radius 1 is 1.61 bits per heavy atom. The van der Waals surface area contributed by atoms with Crippen LogP contribution in [0.1, 0.15) is 30.8 Å². The molecule has 6 heteroatoms. The van der Waals surface area contributed by atoms with E-state index >= 15 is 0 Å². The highest BCUT2D eigenvalue weighted by molar-refractivity contribution is 7.13. The molecule has 0 saturated carbocycles. The summed E-state index contributed by atoms with van der Waals surface area (Å²) in [4.78, 5) is 17.8. The molecule has 1 N–H and O–H groups in total. The van der Waals surface area contributed by atoms with Gasteiger partial charge in [0.05, 0.1) is 6.61 Å². The summed E-state index contributed by atoms with van der Waals surface area (Å²) < 4.78 is 4.90. The Labute approximate surface area is 112 Å². The lowest BCUT2D eigenvalue weighted by molar-refractivity contribution is 0.0520. The molecule has 1 rings (SSSR count). The Morgan fingerprint density at radius 2 is 2.33 bits per heavy atom. The molecular formula is C12H21N3O2S. The number of nitrogens with zero attached hydrogens (tertiary/aromatic N) is 2. The topological polar surface area (TPSA) is 54.5 Å². The van der Waals surface area contributed by atoms with Crippen molar-refractivity contribution in [3.8, 4) is 0 Å². The second-order valence-electron chi connectivity index (χ2n) is 4.40. The van der Waals surface area contributed by atoms with E-state index < -0.39 is 0 Å². The van der Waals surface area contributed by atoms with Crippen LogP contribution < -0.4 is 5.32 Å². The van der Waals surface area contributed by atoms with Crippen LogP contribution in [0, 0.1) is 0 Å². The maximum absolute atomic E-state index is 11.4. The standard InChI is InChI=1S/C12H21N3O2S/c1-5-17-11(16)10-8-18-12(14-10)13-9(2)6-7-15(3)4/h8-9H,5-7H2,1-4H3,(H,13,14). The molecule has 0 aliphatic rings. The van der Waals surface area contributed by atoms with Crippen LogP contribution in [0.2, 0.25) is 0 Å². The molecule has 0 radical (unpaired) electrons. The molecule has 0 aromatic carbocycles. The summed E-state index contributed by atoms with van der Waals surface area (Å²) in [6.07, 6.45) is 1.03. The lowest BCUT2D eigenvalue weighted by atomic mass is 10.2. The average Bonchev–Trinajstić information content (AvgIpc) is 2.75. The molecule has 0 bridgehead atoms.